The van der Waals surface area contributed by atoms with Crippen LogP contribution in [0.5, 0.6) is 11.5 Å². The fourth-order valence-corrected chi connectivity index (χ4v) is 4.69. The van der Waals surface area contributed by atoms with Crippen LogP contribution in [0.15, 0.2) is 33.6 Å². The van der Waals surface area contributed by atoms with Gasteiger partial charge in [0.15, 0.2) is 23.1 Å². The van der Waals surface area contributed by atoms with Gasteiger partial charge in [0.05, 0.1) is 19.8 Å². The Morgan fingerprint density at radius 1 is 1.09 bits per heavy atom. The molecule has 0 saturated heterocycles. The smallest absolute Gasteiger partial charge is 0.310 e. The number of rotatable bonds is 8. The van der Waals surface area contributed by atoms with Gasteiger partial charge in [0, 0.05) is 28.7 Å². The molecule has 3 rings (SSSR count). The van der Waals surface area contributed by atoms with Crippen molar-refractivity contribution in [3.63, 3.8) is 0 Å². The Kier molecular flexibility index (Phi) is 6.50. The molecule has 13 heteroatoms. The van der Waals surface area contributed by atoms with Crippen LogP contribution < -0.4 is 14.9 Å². The van der Waals surface area contributed by atoms with Crippen molar-refractivity contribution in [3.05, 3.63) is 51.2 Å². The van der Waals surface area contributed by atoms with E-state index in [2.05, 4.69) is 21.4 Å². The van der Waals surface area contributed by atoms with Crippen LogP contribution in [-0.4, -0.2) is 30.6 Å². The van der Waals surface area contributed by atoms with E-state index in [0.717, 1.165) is 6.07 Å². The number of carbonyl (C=O) groups excluding carboxylic acids is 1. The highest BCUT2D eigenvalue weighted by Crippen LogP contribution is 3.02. The van der Waals surface area contributed by atoms with Crippen LogP contribution >= 0.6 is 26.2 Å². The summed E-state index contributed by atoms with van der Waals surface area (Å²) in [5.41, 5.74) is 3.07. The second-order valence-electron chi connectivity index (χ2n) is 7.28. The zero-order valence-corrected chi connectivity index (χ0v) is 20.0. The first-order valence-corrected chi connectivity index (χ1v) is 12.5. The van der Waals surface area contributed by atoms with Crippen molar-refractivity contribution in [2.75, 3.05) is 19.8 Å². The van der Waals surface area contributed by atoms with E-state index in [0.29, 0.717) is 11.1 Å². The molecule has 2 aromatic rings. The lowest BCUT2D eigenvalue weighted by atomic mass is 10.0. The molecule has 1 N–H and O–H groups in total. The highest BCUT2D eigenvalue weighted by molar-refractivity contribution is 9.10. The van der Waals surface area contributed by atoms with Crippen molar-refractivity contribution in [3.8, 4) is 11.5 Å². The lowest BCUT2D eigenvalue weighted by molar-refractivity contribution is 0.0845. The molecule has 0 aliphatic carbocycles. The molecule has 2 aromatic carbocycles. The summed E-state index contributed by atoms with van der Waals surface area (Å²) in [5.74, 6) is -1.27. The highest BCUT2D eigenvalue weighted by Gasteiger charge is 2.65. The van der Waals surface area contributed by atoms with E-state index in [9.17, 15) is 28.6 Å². The van der Waals surface area contributed by atoms with Gasteiger partial charge in [-0.15, -0.1) is 0 Å². The third-order valence-electron chi connectivity index (χ3n) is 4.78. The number of hydrogen-bond acceptors (Lipinski definition) is 5. The van der Waals surface area contributed by atoms with Gasteiger partial charge in [0.2, 0.25) is 0 Å². The Bertz CT molecular complexity index is 1100. The number of hydrogen-bond donors (Lipinski definition) is 1. The van der Waals surface area contributed by atoms with E-state index in [-0.39, 0.29) is 54.4 Å². The summed E-state index contributed by atoms with van der Waals surface area (Å²) in [4.78, 5) is 10.5. The maximum Gasteiger partial charge on any atom is 0.310 e. The normalized spacial score (nSPS) is 16.5. The molecule has 5 nitrogen and oxygen atoms in total. The maximum atomic E-state index is 14.9. The van der Waals surface area contributed by atoms with Gasteiger partial charge >= 0.3 is 10.2 Å². The number of carbonyl (C=O) groups is 1. The van der Waals surface area contributed by atoms with Crippen molar-refractivity contribution >= 4 is 31.9 Å². The molecule has 0 saturated carbocycles. The average molecular weight is 563 g/mol. The monoisotopic (exact) mass is 562 g/mol. The van der Waals surface area contributed by atoms with Gasteiger partial charge in [0.25, 0.3) is 0 Å². The SMILES string of the molecule is CCOc1cc2c(c(F)c1OCC)CNN(CC(=O)c1cc(Br)cc(S(F)(F)(F)(F)F)c1)C2. The third-order valence-corrected chi connectivity index (χ3v) is 6.37. The predicted octanol–water partition coefficient (Wildman–Crippen LogP) is 6.75. The van der Waals surface area contributed by atoms with Crippen molar-refractivity contribution in [1.82, 2.24) is 10.4 Å². The molecular weight excluding hydrogens is 542 g/mol. The summed E-state index contributed by atoms with van der Waals surface area (Å²) in [6, 6.07) is 3.00. The van der Waals surface area contributed by atoms with E-state index in [4.69, 9.17) is 9.47 Å². The van der Waals surface area contributed by atoms with E-state index in [1.54, 1.807) is 19.9 Å². The molecule has 0 bridgehead atoms. The van der Waals surface area contributed by atoms with Crippen LogP contribution in [0.1, 0.15) is 35.3 Å². The number of hydrazine groups is 1. The zero-order valence-electron chi connectivity index (χ0n) is 17.6. The number of nitrogens with one attached hydrogen (secondary N) is 1. The van der Waals surface area contributed by atoms with Crippen LogP contribution in [0.2, 0.25) is 0 Å². The highest BCUT2D eigenvalue weighted by atomic mass is 79.9. The van der Waals surface area contributed by atoms with E-state index in [1.165, 1.54) is 5.01 Å². The largest absolute Gasteiger partial charge is 0.490 e. The maximum absolute atomic E-state index is 14.9. The lowest BCUT2D eigenvalue weighted by Crippen LogP contribution is -2.44. The first-order valence-electron chi connectivity index (χ1n) is 9.79. The van der Waals surface area contributed by atoms with E-state index >= 15 is 0 Å². The molecule has 33 heavy (non-hydrogen) atoms. The Hall–Kier alpha value is -1.96. The van der Waals surface area contributed by atoms with E-state index in [1.807, 2.05) is 0 Å². The Labute approximate surface area is 194 Å². The van der Waals surface area contributed by atoms with Crippen LogP contribution in [0, 0.1) is 5.82 Å². The first kappa shape index (κ1) is 25.7. The quantitative estimate of drug-likeness (QED) is 0.285. The Morgan fingerprint density at radius 3 is 2.36 bits per heavy atom. The minimum atomic E-state index is -9.97. The molecule has 0 unspecified atom stereocenters. The molecule has 1 aliphatic heterocycles. The first-order chi connectivity index (χ1) is 15.1. The fraction of sp³-hybridized carbons (Fsp3) is 0.350. The summed E-state index contributed by atoms with van der Waals surface area (Å²) in [7, 11) is -9.97. The second-order valence-corrected chi connectivity index (χ2v) is 10.6. The van der Waals surface area contributed by atoms with Crippen molar-refractivity contribution in [1.29, 1.82) is 0 Å². The summed E-state index contributed by atoms with van der Waals surface area (Å²) in [5, 5.41) is 1.36. The number of ketones is 1. The minimum Gasteiger partial charge on any atom is -0.490 e. The van der Waals surface area contributed by atoms with E-state index < -0.39 is 38.8 Å². The molecule has 1 aliphatic rings. The van der Waals surface area contributed by atoms with Crippen LogP contribution in [0.25, 0.3) is 0 Å². The van der Waals surface area contributed by atoms with Crippen LogP contribution in [-0.2, 0) is 13.1 Å². The topological polar surface area (TPSA) is 50.8 Å². The van der Waals surface area contributed by atoms with Gasteiger partial charge in [-0.25, -0.2) is 14.8 Å². The summed E-state index contributed by atoms with van der Waals surface area (Å²) in [6.07, 6.45) is 0. The van der Waals surface area contributed by atoms with Crippen LogP contribution in [0.4, 0.5) is 23.8 Å². The number of fused-ring (bicyclic) bond motifs is 1. The molecule has 0 fully saturated rings. The average Bonchev–Trinajstić information content (AvgIpc) is 2.69. The van der Waals surface area contributed by atoms with Gasteiger partial charge in [-0.3, -0.25) is 4.79 Å². The summed E-state index contributed by atoms with van der Waals surface area (Å²) >= 11 is 2.76. The van der Waals surface area contributed by atoms with Gasteiger partial charge in [0.1, 0.15) is 4.90 Å². The van der Waals surface area contributed by atoms with Crippen molar-refractivity contribution in [2.45, 2.75) is 31.8 Å². The number of benzene rings is 2. The number of Topliss-reactive ketones (excluding diaryl/α,β-unsaturated/α-hetero) is 1. The minimum absolute atomic E-state index is 0.0177. The zero-order chi connectivity index (χ0) is 24.7. The molecule has 0 atom stereocenters. The fourth-order valence-electron chi connectivity index (χ4n) is 3.35. The standard InChI is InChI=1S/C20H21BrF6N2O3S/c1-3-31-18-7-13-10-29(28-9-16(13)19(22)20(18)32-4-2)11-17(30)12-5-14(21)8-15(6-12)33(23,24,25,26)27/h5-8,28H,3-4,9-11H2,1-2H3. The molecule has 184 valence electrons. The molecule has 0 amide bonds. The Balaban J connectivity index is 1.85. The third kappa shape index (κ3) is 5.94. The molecular formula is C20H21BrF6N2O3S. The van der Waals surface area contributed by atoms with Crippen molar-refractivity contribution in [2.24, 2.45) is 0 Å². The summed E-state index contributed by atoms with van der Waals surface area (Å²) in [6.45, 7) is 3.47. The summed E-state index contributed by atoms with van der Waals surface area (Å²) < 4.78 is 91.5. The van der Waals surface area contributed by atoms with Gasteiger partial charge in [-0.1, -0.05) is 35.4 Å². The molecule has 0 radical (unpaired) electrons. The van der Waals surface area contributed by atoms with Gasteiger partial charge in [-0.05, 0) is 43.7 Å². The number of ether oxygens (including phenoxy) is 2. The molecule has 1 heterocycles. The number of nitrogens with zero attached hydrogens (tertiary/aromatic N) is 1. The Morgan fingerprint density at radius 2 is 1.76 bits per heavy atom. The van der Waals surface area contributed by atoms with Crippen molar-refractivity contribution < 1.29 is 38.1 Å². The molecule has 0 spiro atoms. The van der Waals surface area contributed by atoms with Gasteiger partial charge in [-0.2, -0.15) is 0 Å². The molecule has 0 aromatic heterocycles. The lowest BCUT2D eigenvalue weighted by Gasteiger charge is -2.40. The van der Waals surface area contributed by atoms with Gasteiger partial charge < -0.3 is 9.47 Å². The number of halogens is 7. The van der Waals surface area contributed by atoms with Crippen LogP contribution in [0.3, 0.4) is 0 Å². The predicted molar refractivity (Wildman–Crippen MR) is 116 cm³/mol. The second kappa shape index (κ2) is 8.36.